The summed E-state index contributed by atoms with van der Waals surface area (Å²) >= 11 is 0. The van der Waals surface area contributed by atoms with Crippen molar-refractivity contribution >= 4 is 11.8 Å². The Morgan fingerprint density at radius 3 is 2.71 bits per heavy atom. The van der Waals surface area contributed by atoms with Gasteiger partial charge in [0.2, 0.25) is 0 Å². The Kier molecular flexibility index (Phi) is 5.79. The number of rotatable bonds is 5. The maximum absolute atomic E-state index is 11.1. The predicted octanol–water partition coefficient (Wildman–Crippen LogP) is 0.672. The highest BCUT2D eigenvalue weighted by molar-refractivity contribution is 6.34. The minimum absolute atomic E-state index is 0.527. The van der Waals surface area contributed by atoms with Crippen LogP contribution in [0.1, 0.15) is 18.4 Å². The van der Waals surface area contributed by atoms with E-state index < -0.39 is 11.8 Å². The number of nitrogens with one attached hydrogen (secondary N) is 2. The highest BCUT2D eigenvalue weighted by Crippen LogP contribution is 2.02. The normalized spacial score (nSPS) is 9.71. The average molecular weight is 233 g/mol. The topological polar surface area (TPSA) is 58.2 Å². The zero-order valence-electron chi connectivity index (χ0n) is 9.95. The summed E-state index contributed by atoms with van der Waals surface area (Å²) in [5, 5.41) is 4.83. The van der Waals surface area contributed by atoms with Gasteiger partial charge < -0.3 is 10.6 Å². The molecule has 1 radical (unpaired) electrons. The van der Waals surface area contributed by atoms with E-state index >= 15 is 0 Å². The molecule has 1 aromatic carbocycles. The first-order valence-corrected chi connectivity index (χ1v) is 5.69. The molecule has 0 atom stereocenters. The van der Waals surface area contributed by atoms with Gasteiger partial charge in [-0.2, -0.15) is 0 Å². The lowest BCUT2D eigenvalue weighted by Gasteiger charge is -2.04. The second kappa shape index (κ2) is 7.44. The SMILES string of the molecule is CNC(=O)C(=O)NCCCCc1[c]cccc1. The molecule has 4 heteroatoms. The molecule has 0 aliphatic rings. The zero-order valence-corrected chi connectivity index (χ0v) is 9.95. The lowest BCUT2D eigenvalue weighted by Crippen LogP contribution is -2.38. The first-order chi connectivity index (χ1) is 8.24. The lowest BCUT2D eigenvalue weighted by molar-refractivity contribution is -0.138. The molecule has 1 aromatic rings. The lowest BCUT2D eigenvalue weighted by atomic mass is 10.1. The first kappa shape index (κ1) is 13.2. The summed E-state index contributed by atoms with van der Waals surface area (Å²) in [4.78, 5) is 21.9. The van der Waals surface area contributed by atoms with Gasteiger partial charge >= 0.3 is 11.8 Å². The fourth-order valence-corrected chi connectivity index (χ4v) is 1.42. The standard InChI is InChI=1S/C13H17N2O2/c1-14-12(16)13(17)15-10-6-5-9-11-7-3-2-4-8-11/h2-4,7H,5-6,9-10H2,1H3,(H,14,16)(H,15,17). The summed E-state index contributed by atoms with van der Waals surface area (Å²) in [5.74, 6) is -1.17. The molecule has 0 saturated carbocycles. The van der Waals surface area contributed by atoms with Crippen molar-refractivity contribution in [2.45, 2.75) is 19.3 Å². The minimum Gasteiger partial charge on any atom is -0.351 e. The van der Waals surface area contributed by atoms with Crippen LogP contribution in [-0.4, -0.2) is 25.4 Å². The highest BCUT2D eigenvalue weighted by Gasteiger charge is 2.08. The Bertz CT molecular complexity index is 363. The molecule has 0 bridgehead atoms. The monoisotopic (exact) mass is 233 g/mol. The van der Waals surface area contributed by atoms with E-state index in [2.05, 4.69) is 16.7 Å². The van der Waals surface area contributed by atoms with Gasteiger partial charge in [0.1, 0.15) is 0 Å². The fraction of sp³-hybridized carbons (Fsp3) is 0.385. The molecule has 0 aliphatic carbocycles. The number of benzene rings is 1. The van der Waals surface area contributed by atoms with Crippen molar-refractivity contribution < 1.29 is 9.59 Å². The summed E-state index contributed by atoms with van der Waals surface area (Å²) < 4.78 is 0. The smallest absolute Gasteiger partial charge is 0.309 e. The van der Waals surface area contributed by atoms with E-state index in [0.717, 1.165) is 19.3 Å². The van der Waals surface area contributed by atoms with Gasteiger partial charge in [-0.3, -0.25) is 9.59 Å². The van der Waals surface area contributed by atoms with Gasteiger partial charge in [0, 0.05) is 13.6 Å². The molecular formula is C13H17N2O2. The summed E-state index contributed by atoms with van der Waals surface area (Å²) in [6.07, 6.45) is 2.76. The number of aryl methyl sites for hydroxylation is 1. The Morgan fingerprint density at radius 2 is 2.06 bits per heavy atom. The van der Waals surface area contributed by atoms with Crippen molar-refractivity contribution in [1.82, 2.24) is 10.6 Å². The maximum Gasteiger partial charge on any atom is 0.309 e. The van der Waals surface area contributed by atoms with Gasteiger partial charge in [0.25, 0.3) is 0 Å². The minimum atomic E-state index is -0.596. The van der Waals surface area contributed by atoms with E-state index in [0.29, 0.717) is 6.54 Å². The molecular weight excluding hydrogens is 216 g/mol. The second-order valence-corrected chi connectivity index (χ2v) is 3.68. The number of amides is 2. The van der Waals surface area contributed by atoms with Crippen LogP contribution in [0.4, 0.5) is 0 Å². The van der Waals surface area contributed by atoms with Crippen LogP contribution in [0.15, 0.2) is 24.3 Å². The third-order valence-electron chi connectivity index (χ3n) is 2.37. The van der Waals surface area contributed by atoms with E-state index in [1.165, 1.54) is 12.6 Å². The van der Waals surface area contributed by atoms with Crippen molar-refractivity contribution in [2.75, 3.05) is 13.6 Å². The molecule has 0 saturated heterocycles. The number of unbranched alkanes of at least 4 members (excludes halogenated alkanes) is 1. The number of hydrogen-bond acceptors (Lipinski definition) is 2. The fourth-order valence-electron chi connectivity index (χ4n) is 1.42. The summed E-state index contributed by atoms with van der Waals surface area (Å²) in [6, 6.07) is 11.0. The molecule has 17 heavy (non-hydrogen) atoms. The quantitative estimate of drug-likeness (QED) is 0.580. The molecule has 4 nitrogen and oxygen atoms in total. The average Bonchev–Trinajstić information content (AvgIpc) is 2.38. The van der Waals surface area contributed by atoms with E-state index in [1.807, 2.05) is 24.3 Å². The Hall–Kier alpha value is -1.84. The van der Waals surface area contributed by atoms with Gasteiger partial charge in [-0.05, 0) is 30.9 Å². The van der Waals surface area contributed by atoms with Crippen molar-refractivity contribution in [1.29, 1.82) is 0 Å². The van der Waals surface area contributed by atoms with Gasteiger partial charge in [-0.25, -0.2) is 0 Å². The Balaban J connectivity index is 2.09. The summed E-state index contributed by atoms with van der Waals surface area (Å²) in [6.45, 7) is 0.527. The largest absolute Gasteiger partial charge is 0.351 e. The van der Waals surface area contributed by atoms with E-state index in [1.54, 1.807) is 0 Å². The van der Waals surface area contributed by atoms with Crippen LogP contribution in [0.5, 0.6) is 0 Å². The van der Waals surface area contributed by atoms with Gasteiger partial charge in [-0.15, -0.1) is 0 Å². The Labute approximate surface area is 101 Å². The van der Waals surface area contributed by atoms with E-state index in [9.17, 15) is 9.59 Å². The van der Waals surface area contributed by atoms with Crippen molar-refractivity contribution in [3.63, 3.8) is 0 Å². The zero-order chi connectivity index (χ0) is 12.5. The molecule has 0 aromatic heterocycles. The number of carbonyl (C=O) groups is 2. The van der Waals surface area contributed by atoms with Crippen molar-refractivity contribution in [2.24, 2.45) is 0 Å². The van der Waals surface area contributed by atoms with Crippen LogP contribution >= 0.6 is 0 Å². The number of hydrogen-bond donors (Lipinski definition) is 2. The molecule has 0 spiro atoms. The molecule has 2 amide bonds. The van der Waals surface area contributed by atoms with Gasteiger partial charge in [0.05, 0.1) is 0 Å². The van der Waals surface area contributed by atoms with Crippen molar-refractivity contribution in [3.05, 3.63) is 35.9 Å². The number of carbonyl (C=O) groups excluding carboxylic acids is 2. The van der Waals surface area contributed by atoms with Gasteiger partial charge in [-0.1, -0.05) is 24.3 Å². The molecule has 0 unspecified atom stereocenters. The third-order valence-corrected chi connectivity index (χ3v) is 2.37. The summed E-state index contributed by atoms with van der Waals surface area (Å²) in [5.41, 5.74) is 1.17. The van der Waals surface area contributed by atoms with Crippen molar-refractivity contribution in [3.8, 4) is 0 Å². The second-order valence-electron chi connectivity index (χ2n) is 3.68. The maximum atomic E-state index is 11.1. The molecule has 0 aliphatic heterocycles. The van der Waals surface area contributed by atoms with E-state index in [4.69, 9.17) is 0 Å². The molecule has 1 rings (SSSR count). The van der Waals surface area contributed by atoms with Gasteiger partial charge in [0.15, 0.2) is 0 Å². The summed E-state index contributed by atoms with van der Waals surface area (Å²) in [7, 11) is 1.44. The van der Waals surface area contributed by atoms with Crippen LogP contribution in [0.25, 0.3) is 0 Å². The highest BCUT2D eigenvalue weighted by atomic mass is 16.2. The van der Waals surface area contributed by atoms with Crippen LogP contribution < -0.4 is 10.6 Å². The third kappa shape index (κ3) is 5.15. The molecule has 2 N–H and O–H groups in total. The Morgan fingerprint density at radius 1 is 1.24 bits per heavy atom. The first-order valence-electron chi connectivity index (χ1n) is 5.69. The van der Waals surface area contributed by atoms with Crippen LogP contribution in [0.3, 0.4) is 0 Å². The molecule has 91 valence electrons. The molecule has 0 fully saturated rings. The van der Waals surface area contributed by atoms with Crippen LogP contribution in [-0.2, 0) is 16.0 Å². The van der Waals surface area contributed by atoms with Crippen LogP contribution in [0.2, 0.25) is 0 Å². The number of likely N-dealkylation sites (N-methyl/N-ethyl adjacent to an activating group) is 1. The van der Waals surface area contributed by atoms with Crippen LogP contribution in [0, 0.1) is 6.07 Å². The van der Waals surface area contributed by atoms with E-state index in [-0.39, 0.29) is 0 Å². The molecule has 0 heterocycles. The predicted molar refractivity (Wildman–Crippen MR) is 65.3 cm³/mol.